The van der Waals surface area contributed by atoms with E-state index in [0.29, 0.717) is 0 Å². The van der Waals surface area contributed by atoms with Gasteiger partial charge in [0, 0.05) is 20.9 Å². The summed E-state index contributed by atoms with van der Waals surface area (Å²) in [5.74, 6) is -1.02. The van der Waals surface area contributed by atoms with Crippen LogP contribution < -0.4 is 0 Å². The first-order valence-electron chi connectivity index (χ1n) is 4.86. The summed E-state index contributed by atoms with van der Waals surface area (Å²) >= 11 is 0. The lowest BCUT2D eigenvalue weighted by Crippen LogP contribution is -2.37. The Kier molecular flexibility index (Phi) is 3.87. The Bertz CT molecular complexity index is 533. The van der Waals surface area contributed by atoms with E-state index in [1.165, 1.54) is 20.9 Å². The van der Waals surface area contributed by atoms with Gasteiger partial charge < -0.3 is 0 Å². The number of carbonyl (C=O) groups is 2. The summed E-state index contributed by atoms with van der Waals surface area (Å²) in [6, 6.07) is 0. The van der Waals surface area contributed by atoms with E-state index in [1.54, 1.807) is 0 Å². The predicted molar refractivity (Wildman–Crippen MR) is 60.8 cm³/mol. The SMILES string of the molecule is CC(=O)N=C(N(C)C(C)=O)n1cc([N+](=O)[O-])cn1. The summed E-state index contributed by atoms with van der Waals surface area (Å²) in [4.78, 5) is 36.8. The van der Waals surface area contributed by atoms with Crippen LogP contribution in [0.5, 0.6) is 0 Å². The highest BCUT2D eigenvalue weighted by Gasteiger charge is 2.18. The van der Waals surface area contributed by atoms with Gasteiger partial charge in [0.1, 0.15) is 12.4 Å². The summed E-state index contributed by atoms with van der Waals surface area (Å²) in [7, 11) is 1.39. The zero-order valence-corrected chi connectivity index (χ0v) is 10.0. The number of amides is 2. The predicted octanol–water partition coefficient (Wildman–Crippen LogP) is 0.0202. The van der Waals surface area contributed by atoms with Crippen LogP contribution in [0.25, 0.3) is 0 Å². The van der Waals surface area contributed by atoms with Gasteiger partial charge in [-0.15, -0.1) is 0 Å². The zero-order chi connectivity index (χ0) is 13.9. The summed E-state index contributed by atoms with van der Waals surface area (Å²) in [5.41, 5.74) is -0.261. The highest BCUT2D eigenvalue weighted by molar-refractivity contribution is 6.01. The van der Waals surface area contributed by atoms with E-state index in [-0.39, 0.29) is 17.6 Å². The van der Waals surface area contributed by atoms with Gasteiger partial charge >= 0.3 is 5.69 Å². The van der Waals surface area contributed by atoms with Crippen molar-refractivity contribution in [2.75, 3.05) is 7.05 Å². The van der Waals surface area contributed by atoms with Crippen LogP contribution in [0.4, 0.5) is 5.69 Å². The highest BCUT2D eigenvalue weighted by atomic mass is 16.6. The average Bonchev–Trinajstić information content (AvgIpc) is 2.73. The van der Waals surface area contributed by atoms with Crippen LogP contribution in [0, 0.1) is 10.1 Å². The Hall–Kier alpha value is -2.58. The second-order valence-corrected chi connectivity index (χ2v) is 3.41. The number of aliphatic imine (C=N–C) groups is 1. The first-order chi connectivity index (χ1) is 8.32. The topological polar surface area (TPSA) is 111 Å². The normalized spacial score (nSPS) is 11.2. The average molecular weight is 253 g/mol. The summed E-state index contributed by atoms with van der Waals surface area (Å²) in [6.07, 6.45) is 2.07. The molecule has 18 heavy (non-hydrogen) atoms. The Morgan fingerprint density at radius 2 is 2.11 bits per heavy atom. The first kappa shape index (κ1) is 13.5. The molecule has 0 aliphatic heterocycles. The monoisotopic (exact) mass is 253 g/mol. The summed E-state index contributed by atoms with van der Waals surface area (Å²) < 4.78 is 1.00. The summed E-state index contributed by atoms with van der Waals surface area (Å²) in [6.45, 7) is 2.47. The fourth-order valence-corrected chi connectivity index (χ4v) is 1.08. The van der Waals surface area contributed by atoms with Crippen LogP contribution in [0.1, 0.15) is 13.8 Å². The minimum atomic E-state index is -0.636. The van der Waals surface area contributed by atoms with Gasteiger partial charge in [-0.25, -0.2) is 4.68 Å². The molecule has 1 aromatic heterocycles. The van der Waals surface area contributed by atoms with Crippen molar-refractivity contribution in [1.29, 1.82) is 0 Å². The quantitative estimate of drug-likeness (QED) is 0.303. The number of rotatable bonds is 1. The van der Waals surface area contributed by atoms with Gasteiger partial charge in [-0.05, 0) is 0 Å². The maximum Gasteiger partial charge on any atom is 0.307 e. The van der Waals surface area contributed by atoms with Crippen molar-refractivity contribution < 1.29 is 14.5 Å². The van der Waals surface area contributed by atoms with Crippen molar-refractivity contribution >= 4 is 23.5 Å². The summed E-state index contributed by atoms with van der Waals surface area (Å²) in [5, 5.41) is 14.2. The van der Waals surface area contributed by atoms with Gasteiger partial charge in [-0.2, -0.15) is 10.1 Å². The second-order valence-electron chi connectivity index (χ2n) is 3.41. The molecule has 0 saturated carbocycles. The third-order valence-corrected chi connectivity index (χ3v) is 2.01. The molecule has 96 valence electrons. The molecule has 0 aliphatic rings. The molecule has 9 heteroatoms. The number of nitro groups is 1. The Balaban J connectivity index is 3.22. The Labute approximate surface area is 102 Å². The molecule has 0 fully saturated rings. The molecule has 9 nitrogen and oxygen atoms in total. The molecule has 0 atom stereocenters. The molecule has 2 amide bonds. The molecule has 0 saturated heterocycles. The smallest absolute Gasteiger partial charge is 0.284 e. The van der Waals surface area contributed by atoms with Gasteiger partial charge in [-0.3, -0.25) is 24.6 Å². The molecule has 0 N–H and O–H groups in total. The van der Waals surface area contributed by atoms with Crippen LogP contribution in [-0.2, 0) is 9.59 Å². The van der Waals surface area contributed by atoms with E-state index in [9.17, 15) is 19.7 Å². The van der Waals surface area contributed by atoms with Gasteiger partial charge in [-0.1, -0.05) is 0 Å². The van der Waals surface area contributed by atoms with Crippen molar-refractivity contribution in [3.8, 4) is 0 Å². The van der Waals surface area contributed by atoms with Crippen molar-refractivity contribution in [2.24, 2.45) is 4.99 Å². The minimum absolute atomic E-state index is 0.0944. The third-order valence-electron chi connectivity index (χ3n) is 2.01. The van der Waals surface area contributed by atoms with Crippen LogP contribution in [0.15, 0.2) is 17.4 Å². The highest BCUT2D eigenvalue weighted by Crippen LogP contribution is 2.08. The number of nitrogens with zero attached hydrogens (tertiary/aromatic N) is 5. The lowest BCUT2D eigenvalue weighted by Gasteiger charge is -2.16. The van der Waals surface area contributed by atoms with E-state index >= 15 is 0 Å². The van der Waals surface area contributed by atoms with E-state index in [1.807, 2.05) is 0 Å². The second kappa shape index (κ2) is 5.17. The lowest BCUT2D eigenvalue weighted by molar-refractivity contribution is -0.384. The van der Waals surface area contributed by atoms with Crippen LogP contribution in [0.2, 0.25) is 0 Å². The number of hydrogen-bond acceptors (Lipinski definition) is 5. The largest absolute Gasteiger partial charge is 0.307 e. The molecule has 1 aromatic rings. The zero-order valence-electron chi connectivity index (χ0n) is 10.0. The molecule has 1 rings (SSSR count). The standard InChI is InChI=1S/C9H11N5O4/c1-6(15)11-9(12(3)7(2)16)13-5-8(4-10-13)14(17)18/h4-5H,1-3H3. The molecule has 0 radical (unpaired) electrons. The molecule has 0 unspecified atom stereocenters. The molecule has 0 spiro atoms. The lowest BCUT2D eigenvalue weighted by atomic mass is 10.5. The van der Waals surface area contributed by atoms with Crippen LogP contribution >= 0.6 is 0 Å². The van der Waals surface area contributed by atoms with Crippen molar-refractivity contribution in [2.45, 2.75) is 13.8 Å². The Morgan fingerprint density at radius 3 is 2.50 bits per heavy atom. The van der Waals surface area contributed by atoms with Crippen molar-refractivity contribution in [1.82, 2.24) is 14.7 Å². The van der Waals surface area contributed by atoms with E-state index in [2.05, 4.69) is 10.1 Å². The van der Waals surface area contributed by atoms with E-state index < -0.39 is 10.8 Å². The van der Waals surface area contributed by atoms with Gasteiger partial charge in [0.05, 0.1) is 4.92 Å². The van der Waals surface area contributed by atoms with Crippen LogP contribution in [0.3, 0.4) is 0 Å². The van der Waals surface area contributed by atoms with Gasteiger partial charge in [0.2, 0.25) is 17.8 Å². The molecular weight excluding hydrogens is 242 g/mol. The maximum atomic E-state index is 11.2. The fraction of sp³-hybridized carbons (Fsp3) is 0.333. The number of hydrogen-bond donors (Lipinski definition) is 0. The number of carbonyl (C=O) groups excluding carboxylic acids is 2. The van der Waals surface area contributed by atoms with E-state index in [0.717, 1.165) is 22.0 Å². The number of aromatic nitrogens is 2. The minimum Gasteiger partial charge on any atom is -0.284 e. The molecule has 0 aliphatic carbocycles. The third kappa shape index (κ3) is 2.97. The molecule has 1 heterocycles. The first-order valence-corrected chi connectivity index (χ1v) is 4.86. The molecule has 0 bridgehead atoms. The maximum absolute atomic E-state index is 11.2. The van der Waals surface area contributed by atoms with E-state index in [4.69, 9.17) is 0 Å². The van der Waals surface area contributed by atoms with Crippen LogP contribution in [-0.4, -0.2) is 44.4 Å². The van der Waals surface area contributed by atoms with Gasteiger partial charge in [0.15, 0.2) is 0 Å². The van der Waals surface area contributed by atoms with Gasteiger partial charge in [0.25, 0.3) is 0 Å². The van der Waals surface area contributed by atoms with Crippen molar-refractivity contribution in [3.05, 3.63) is 22.5 Å². The molecule has 0 aromatic carbocycles. The van der Waals surface area contributed by atoms with Crippen molar-refractivity contribution in [3.63, 3.8) is 0 Å². The Morgan fingerprint density at radius 1 is 1.50 bits per heavy atom. The fourth-order valence-electron chi connectivity index (χ4n) is 1.08. The molecular formula is C9H11N5O4.